The molecule has 0 radical (unpaired) electrons. The molecular weight excluding hydrogens is 643 g/mol. The van der Waals surface area contributed by atoms with Gasteiger partial charge in [0.25, 0.3) is 0 Å². The third-order valence-corrected chi connectivity index (χ3v) is 9.01. The van der Waals surface area contributed by atoms with E-state index in [1.807, 2.05) is 37.2 Å². The zero-order valence-electron chi connectivity index (χ0n) is 34.2. The maximum Gasteiger partial charge on any atom is 0.320 e. The van der Waals surface area contributed by atoms with E-state index < -0.39 is 0 Å². The van der Waals surface area contributed by atoms with Gasteiger partial charge in [0.1, 0.15) is 18.1 Å². The fourth-order valence-corrected chi connectivity index (χ4v) is 5.91. The normalized spacial score (nSPS) is 12.0. The molecule has 0 aliphatic carbocycles. The summed E-state index contributed by atoms with van der Waals surface area (Å²) >= 11 is 0. The Morgan fingerprint density at radius 1 is 0.519 bits per heavy atom. The monoisotopic (exact) mass is 722 g/mol. The van der Waals surface area contributed by atoms with Crippen molar-refractivity contribution in [2.24, 2.45) is 0 Å². The van der Waals surface area contributed by atoms with Crippen LogP contribution in [-0.4, -0.2) is 44.7 Å². The molecule has 5 nitrogen and oxygen atoms in total. The first-order valence-corrected chi connectivity index (χ1v) is 21.3. The summed E-state index contributed by atoms with van der Waals surface area (Å²) in [5.74, 6) is 1.34. The van der Waals surface area contributed by atoms with E-state index in [-0.39, 0.29) is 19.1 Å². The molecule has 0 fully saturated rings. The molecule has 0 saturated heterocycles. The van der Waals surface area contributed by atoms with Gasteiger partial charge in [0.15, 0.2) is 0 Å². The zero-order valence-corrected chi connectivity index (χ0v) is 34.2. The maximum absolute atomic E-state index is 12.2. The average Bonchev–Trinajstić information content (AvgIpc) is 3.13. The summed E-state index contributed by atoms with van der Waals surface area (Å²) in [6.07, 6.45) is 48.1. The van der Waals surface area contributed by atoms with Crippen molar-refractivity contribution in [3.8, 4) is 11.5 Å². The zero-order chi connectivity index (χ0) is 37.6. The number of hydrogen-bond donors (Lipinski definition) is 0. The molecule has 296 valence electrons. The number of likely N-dealkylation sites (N-methyl/N-ethyl adjacent to an activating group) is 1. The lowest BCUT2D eigenvalue weighted by Gasteiger charge is -2.14. The second-order valence-corrected chi connectivity index (χ2v) is 14.6. The van der Waals surface area contributed by atoms with Crippen molar-refractivity contribution >= 4 is 5.97 Å². The van der Waals surface area contributed by atoms with Gasteiger partial charge in [-0.25, -0.2) is 0 Å². The SMILES string of the molecule is CCCCCC=CCC=CCCCCCCCCOc1cc(COC(=O)CN(C)C)cc(OCCCCCCCCC=CCC=CCCCCC)c1. The Morgan fingerprint density at radius 2 is 0.904 bits per heavy atom. The van der Waals surface area contributed by atoms with E-state index in [1.54, 1.807) is 0 Å². The first kappa shape index (κ1) is 47.2. The Hall–Kier alpha value is -2.79. The lowest BCUT2D eigenvalue weighted by Crippen LogP contribution is -2.23. The molecule has 1 rings (SSSR count). The van der Waals surface area contributed by atoms with E-state index in [0.717, 1.165) is 42.7 Å². The maximum atomic E-state index is 12.2. The summed E-state index contributed by atoms with van der Waals surface area (Å²) in [5, 5.41) is 0. The smallest absolute Gasteiger partial charge is 0.320 e. The highest BCUT2D eigenvalue weighted by Crippen LogP contribution is 2.25. The molecule has 52 heavy (non-hydrogen) atoms. The summed E-state index contributed by atoms with van der Waals surface area (Å²) in [6.45, 7) is 6.36. The van der Waals surface area contributed by atoms with Gasteiger partial charge in [-0.1, -0.05) is 140 Å². The molecule has 1 aromatic carbocycles. The second-order valence-electron chi connectivity index (χ2n) is 14.6. The minimum absolute atomic E-state index is 0.218. The van der Waals surface area contributed by atoms with Crippen LogP contribution in [0.5, 0.6) is 11.5 Å². The van der Waals surface area contributed by atoms with Crippen LogP contribution in [-0.2, 0) is 16.1 Å². The van der Waals surface area contributed by atoms with Crippen LogP contribution in [0.15, 0.2) is 66.8 Å². The molecule has 0 N–H and O–H groups in total. The molecule has 0 atom stereocenters. The van der Waals surface area contributed by atoms with Gasteiger partial charge in [-0.3, -0.25) is 9.69 Å². The van der Waals surface area contributed by atoms with Gasteiger partial charge in [-0.15, -0.1) is 0 Å². The van der Waals surface area contributed by atoms with Crippen LogP contribution in [0, 0.1) is 0 Å². The van der Waals surface area contributed by atoms with Gasteiger partial charge in [-0.05, 0) is 109 Å². The number of rotatable bonds is 36. The molecule has 0 saturated carbocycles. The Kier molecular flexibility index (Phi) is 33.2. The molecule has 0 aliphatic heterocycles. The Morgan fingerprint density at radius 3 is 1.31 bits per heavy atom. The minimum atomic E-state index is -0.235. The highest BCUT2D eigenvalue weighted by Gasteiger charge is 2.09. The molecule has 0 amide bonds. The van der Waals surface area contributed by atoms with E-state index in [0.29, 0.717) is 13.2 Å². The van der Waals surface area contributed by atoms with Crippen molar-refractivity contribution in [2.45, 2.75) is 175 Å². The van der Waals surface area contributed by atoms with Crippen LogP contribution < -0.4 is 9.47 Å². The largest absolute Gasteiger partial charge is 0.493 e. The summed E-state index contributed by atoms with van der Waals surface area (Å²) in [6, 6.07) is 5.94. The van der Waals surface area contributed by atoms with E-state index in [4.69, 9.17) is 14.2 Å². The van der Waals surface area contributed by atoms with Crippen molar-refractivity contribution in [2.75, 3.05) is 33.9 Å². The molecule has 1 aromatic rings. The summed E-state index contributed by atoms with van der Waals surface area (Å²) in [5.41, 5.74) is 0.897. The molecular formula is C47H79NO4. The quantitative estimate of drug-likeness (QED) is 0.0392. The number of ether oxygens (including phenoxy) is 3. The lowest BCUT2D eigenvalue weighted by molar-refractivity contribution is -0.145. The molecule has 0 heterocycles. The third kappa shape index (κ3) is 31.9. The molecule has 0 spiro atoms. The highest BCUT2D eigenvalue weighted by atomic mass is 16.5. The lowest BCUT2D eigenvalue weighted by atomic mass is 10.1. The van der Waals surface area contributed by atoms with Crippen LogP contribution in [0.1, 0.15) is 174 Å². The van der Waals surface area contributed by atoms with E-state index in [9.17, 15) is 4.79 Å². The summed E-state index contributed by atoms with van der Waals surface area (Å²) in [4.78, 5) is 14.0. The van der Waals surface area contributed by atoms with Gasteiger partial charge in [-0.2, -0.15) is 0 Å². The topological polar surface area (TPSA) is 48.0 Å². The van der Waals surface area contributed by atoms with Crippen LogP contribution in [0.3, 0.4) is 0 Å². The predicted octanol–water partition coefficient (Wildman–Crippen LogP) is 13.7. The van der Waals surface area contributed by atoms with Crippen LogP contribution >= 0.6 is 0 Å². The molecule has 0 bridgehead atoms. The summed E-state index contributed by atoms with van der Waals surface area (Å²) < 4.78 is 17.8. The number of carbonyl (C=O) groups excluding carboxylic acids is 1. The molecule has 5 heteroatoms. The molecule has 0 aromatic heterocycles. The van der Waals surface area contributed by atoms with Crippen molar-refractivity contribution in [1.29, 1.82) is 0 Å². The first-order valence-electron chi connectivity index (χ1n) is 21.3. The molecule has 0 aliphatic rings. The number of unbranched alkanes of at least 4 members (excludes halogenated alkanes) is 18. The fraction of sp³-hybridized carbons (Fsp3) is 0.681. The number of benzene rings is 1. The van der Waals surface area contributed by atoms with E-state index >= 15 is 0 Å². The standard InChI is InChI=1S/C47H79NO4/c1-5-7-9-11-13-15-17-19-21-23-25-27-29-31-33-35-37-50-45-39-44(43-52-47(49)42-48(3)4)40-46(41-45)51-38-36-34-32-30-28-26-24-22-20-18-16-14-12-10-8-6-2/h13-16,19-22,39-41H,5-12,17-18,23-38,42-43H2,1-4H3. The number of nitrogens with zero attached hydrogens (tertiary/aromatic N) is 1. The number of esters is 1. The van der Waals surface area contributed by atoms with Crippen LogP contribution in [0.2, 0.25) is 0 Å². The number of carbonyl (C=O) groups is 1. The molecule has 0 unspecified atom stereocenters. The Bertz CT molecular complexity index is 1000. The van der Waals surface area contributed by atoms with E-state index in [2.05, 4.69) is 62.5 Å². The van der Waals surface area contributed by atoms with Gasteiger partial charge < -0.3 is 14.2 Å². The van der Waals surface area contributed by atoms with Crippen molar-refractivity contribution < 1.29 is 19.0 Å². The minimum Gasteiger partial charge on any atom is -0.493 e. The number of allylic oxidation sites excluding steroid dienone is 8. The predicted molar refractivity (Wildman–Crippen MR) is 224 cm³/mol. The average molecular weight is 722 g/mol. The first-order chi connectivity index (χ1) is 25.5. The van der Waals surface area contributed by atoms with Crippen molar-refractivity contribution in [3.63, 3.8) is 0 Å². The van der Waals surface area contributed by atoms with Crippen LogP contribution in [0.25, 0.3) is 0 Å². The second kappa shape index (κ2) is 36.6. The van der Waals surface area contributed by atoms with Gasteiger partial charge >= 0.3 is 5.97 Å². The van der Waals surface area contributed by atoms with Crippen LogP contribution in [0.4, 0.5) is 0 Å². The van der Waals surface area contributed by atoms with Gasteiger partial charge in [0.2, 0.25) is 0 Å². The van der Waals surface area contributed by atoms with Gasteiger partial charge in [0.05, 0.1) is 19.8 Å². The third-order valence-electron chi connectivity index (χ3n) is 9.01. The fourth-order valence-electron chi connectivity index (χ4n) is 5.91. The van der Waals surface area contributed by atoms with Gasteiger partial charge in [0, 0.05) is 6.07 Å². The van der Waals surface area contributed by atoms with Crippen molar-refractivity contribution in [3.05, 3.63) is 72.4 Å². The Labute approximate surface area is 321 Å². The highest BCUT2D eigenvalue weighted by molar-refractivity contribution is 5.71. The Balaban J connectivity index is 2.28. The number of hydrogen-bond acceptors (Lipinski definition) is 5. The van der Waals surface area contributed by atoms with Crippen molar-refractivity contribution in [1.82, 2.24) is 4.90 Å². The van der Waals surface area contributed by atoms with E-state index in [1.165, 1.54) is 128 Å². The summed E-state index contributed by atoms with van der Waals surface area (Å²) in [7, 11) is 3.73.